The number of thiocarbonyl (C=S) groups is 1. The van der Waals surface area contributed by atoms with Crippen LogP contribution in [0.15, 0.2) is 34.1 Å². The minimum absolute atomic E-state index is 0.0710. The van der Waals surface area contributed by atoms with E-state index in [-0.39, 0.29) is 54.5 Å². The number of aliphatic hydroxyl groups excluding tert-OH is 1. The van der Waals surface area contributed by atoms with Crippen molar-refractivity contribution in [2.45, 2.75) is 12.8 Å². The Balaban J connectivity index is 1.89. The Labute approximate surface area is 192 Å². The number of nitrogens with one attached hydrogen (secondary N) is 1. The summed E-state index contributed by atoms with van der Waals surface area (Å²) in [4.78, 5) is 42.8. The summed E-state index contributed by atoms with van der Waals surface area (Å²) in [6.45, 7) is 0.937. The average molecular weight is 479 g/mol. The topological polar surface area (TPSA) is 133 Å². The lowest BCUT2D eigenvalue weighted by Gasteiger charge is -2.13. The van der Waals surface area contributed by atoms with Crippen molar-refractivity contribution in [1.29, 1.82) is 0 Å². The summed E-state index contributed by atoms with van der Waals surface area (Å²) in [5.74, 6) is -1.02. The molecule has 12 heteroatoms. The molecule has 0 atom stereocenters. The number of amides is 1. The number of aromatic nitrogens is 2. The van der Waals surface area contributed by atoms with Crippen LogP contribution in [0.4, 0.5) is 5.82 Å². The molecule has 3 heterocycles. The monoisotopic (exact) mass is 478 g/mol. The quantitative estimate of drug-likeness (QED) is 0.246. The molecule has 10 nitrogen and oxygen atoms in total. The molecule has 1 fully saturated rings. The van der Waals surface area contributed by atoms with Crippen molar-refractivity contribution in [3.8, 4) is 0 Å². The molecule has 1 aliphatic heterocycles. The Bertz CT molecular complexity index is 1120. The molecule has 2 aromatic rings. The van der Waals surface area contributed by atoms with Crippen LogP contribution in [0.25, 0.3) is 11.7 Å². The van der Waals surface area contributed by atoms with Gasteiger partial charge in [-0.15, -0.1) is 0 Å². The van der Waals surface area contributed by atoms with Gasteiger partial charge in [-0.3, -0.25) is 23.7 Å². The summed E-state index contributed by atoms with van der Waals surface area (Å²) in [7, 11) is 0. The zero-order valence-corrected chi connectivity index (χ0v) is 18.7. The van der Waals surface area contributed by atoms with E-state index in [0.29, 0.717) is 28.9 Å². The second kappa shape index (κ2) is 11.2. The standard InChI is InChI=1S/C20H22N4O6S2/c25-9-11-30-10-6-21-17-13(18(28)23-7-2-1-4-15(23)22-17)12-14-19(29)24(20(31)32-14)8-3-5-16(26)27/h1-2,4,7,12,21,25H,3,5-6,8-11H2,(H,26,27)/b14-12-. The maximum atomic E-state index is 13.1. The number of fused-ring (bicyclic) bond motifs is 1. The van der Waals surface area contributed by atoms with Crippen LogP contribution in [0.3, 0.4) is 0 Å². The minimum Gasteiger partial charge on any atom is -0.481 e. The van der Waals surface area contributed by atoms with Gasteiger partial charge in [0.1, 0.15) is 15.8 Å². The normalized spacial score (nSPS) is 15.2. The van der Waals surface area contributed by atoms with E-state index in [0.717, 1.165) is 11.8 Å². The molecule has 0 spiro atoms. The molecule has 0 unspecified atom stereocenters. The van der Waals surface area contributed by atoms with Crippen molar-refractivity contribution in [3.63, 3.8) is 0 Å². The summed E-state index contributed by atoms with van der Waals surface area (Å²) < 4.78 is 6.93. The van der Waals surface area contributed by atoms with Crippen molar-refractivity contribution in [2.75, 3.05) is 38.2 Å². The molecule has 1 aliphatic rings. The summed E-state index contributed by atoms with van der Waals surface area (Å²) in [5, 5.41) is 20.7. The summed E-state index contributed by atoms with van der Waals surface area (Å²) >= 11 is 6.33. The van der Waals surface area contributed by atoms with Crippen LogP contribution in [0.1, 0.15) is 18.4 Å². The van der Waals surface area contributed by atoms with Gasteiger partial charge in [-0.2, -0.15) is 0 Å². The largest absolute Gasteiger partial charge is 0.481 e. The highest BCUT2D eigenvalue weighted by molar-refractivity contribution is 8.26. The Kier molecular flexibility index (Phi) is 8.33. The molecule has 0 aromatic carbocycles. The number of hydrogen-bond acceptors (Lipinski definition) is 9. The summed E-state index contributed by atoms with van der Waals surface area (Å²) in [5.41, 5.74) is 0.280. The number of carboxylic acid groups (broad SMARTS) is 1. The number of aliphatic carboxylic acids is 1. The summed E-state index contributed by atoms with van der Waals surface area (Å²) in [6.07, 6.45) is 3.25. The van der Waals surface area contributed by atoms with Crippen LogP contribution in [-0.4, -0.2) is 73.6 Å². The van der Waals surface area contributed by atoms with Crippen molar-refractivity contribution in [2.24, 2.45) is 0 Å². The average Bonchev–Trinajstić information content (AvgIpc) is 3.03. The molecule has 170 valence electrons. The fourth-order valence-electron chi connectivity index (χ4n) is 2.99. The maximum absolute atomic E-state index is 13.1. The molecule has 3 N–H and O–H groups in total. The van der Waals surface area contributed by atoms with Gasteiger partial charge in [0.25, 0.3) is 11.5 Å². The SMILES string of the molecule is O=C(O)CCCN1C(=O)/C(=C/c2c(NCCOCCO)nc3ccccn3c2=O)SC1=S. The lowest BCUT2D eigenvalue weighted by molar-refractivity contribution is -0.137. The first-order chi connectivity index (χ1) is 15.4. The summed E-state index contributed by atoms with van der Waals surface area (Å²) in [6, 6.07) is 5.16. The number of ether oxygens (including phenoxy) is 1. The van der Waals surface area contributed by atoms with Gasteiger partial charge in [-0.25, -0.2) is 4.98 Å². The Morgan fingerprint density at radius 1 is 1.31 bits per heavy atom. The Hall–Kier alpha value is -2.80. The molecule has 0 radical (unpaired) electrons. The van der Waals surface area contributed by atoms with E-state index in [1.807, 2.05) is 0 Å². The minimum atomic E-state index is -0.945. The molecule has 2 aromatic heterocycles. The van der Waals surface area contributed by atoms with E-state index in [9.17, 15) is 14.4 Å². The first-order valence-electron chi connectivity index (χ1n) is 9.83. The van der Waals surface area contributed by atoms with Crippen LogP contribution >= 0.6 is 24.0 Å². The molecule has 0 aliphatic carbocycles. The number of hydrogen-bond donors (Lipinski definition) is 3. The predicted molar refractivity (Wildman–Crippen MR) is 125 cm³/mol. The van der Waals surface area contributed by atoms with E-state index in [2.05, 4.69) is 10.3 Å². The second-order valence-electron chi connectivity index (χ2n) is 6.70. The third-order valence-corrected chi connectivity index (χ3v) is 5.84. The van der Waals surface area contributed by atoms with Crippen molar-refractivity contribution < 1.29 is 24.5 Å². The van der Waals surface area contributed by atoms with Gasteiger partial charge in [0, 0.05) is 25.7 Å². The van der Waals surface area contributed by atoms with Gasteiger partial charge < -0.3 is 20.3 Å². The highest BCUT2D eigenvalue weighted by atomic mass is 32.2. The number of carbonyl (C=O) groups excluding carboxylic acids is 1. The number of rotatable bonds is 11. The predicted octanol–water partition coefficient (Wildman–Crippen LogP) is 1.18. The van der Waals surface area contributed by atoms with Gasteiger partial charge >= 0.3 is 5.97 Å². The van der Waals surface area contributed by atoms with E-state index < -0.39 is 5.97 Å². The van der Waals surface area contributed by atoms with E-state index in [4.69, 9.17) is 27.2 Å². The number of pyridine rings is 1. The molecule has 1 saturated heterocycles. The van der Waals surface area contributed by atoms with Crippen LogP contribution in [0.2, 0.25) is 0 Å². The first-order valence-corrected chi connectivity index (χ1v) is 11.1. The highest BCUT2D eigenvalue weighted by Crippen LogP contribution is 2.33. The molecule has 32 heavy (non-hydrogen) atoms. The molecular weight excluding hydrogens is 456 g/mol. The highest BCUT2D eigenvalue weighted by Gasteiger charge is 2.32. The number of aliphatic hydroxyl groups is 1. The van der Waals surface area contributed by atoms with Crippen molar-refractivity contribution in [1.82, 2.24) is 14.3 Å². The van der Waals surface area contributed by atoms with E-state index in [1.54, 1.807) is 24.4 Å². The maximum Gasteiger partial charge on any atom is 0.303 e. The van der Waals surface area contributed by atoms with Crippen LogP contribution in [-0.2, 0) is 14.3 Å². The van der Waals surface area contributed by atoms with Gasteiger partial charge in [0.05, 0.1) is 30.3 Å². The molecule has 1 amide bonds. The lowest BCUT2D eigenvalue weighted by atomic mass is 10.2. The number of carbonyl (C=O) groups is 2. The molecule has 0 bridgehead atoms. The second-order valence-corrected chi connectivity index (χ2v) is 8.38. The van der Waals surface area contributed by atoms with Gasteiger partial charge in [-0.05, 0) is 24.6 Å². The van der Waals surface area contributed by atoms with Gasteiger partial charge in [-0.1, -0.05) is 30.0 Å². The first kappa shape index (κ1) is 23.9. The molecular formula is C20H22N4O6S2. The molecule has 0 saturated carbocycles. The number of thioether (sulfide) groups is 1. The van der Waals surface area contributed by atoms with Crippen LogP contribution < -0.4 is 10.9 Å². The third-order valence-electron chi connectivity index (χ3n) is 4.46. The van der Waals surface area contributed by atoms with E-state index in [1.165, 1.54) is 15.4 Å². The van der Waals surface area contributed by atoms with Gasteiger partial charge in [0.15, 0.2) is 0 Å². The molecule has 3 rings (SSSR count). The zero-order chi connectivity index (χ0) is 23.1. The third kappa shape index (κ3) is 5.71. The number of anilines is 1. The van der Waals surface area contributed by atoms with E-state index >= 15 is 0 Å². The number of nitrogens with zero attached hydrogens (tertiary/aromatic N) is 3. The lowest BCUT2D eigenvalue weighted by Crippen LogP contribution is -2.29. The van der Waals surface area contributed by atoms with Crippen LogP contribution in [0, 0.1) is 0 Å². The zero-order valence-electron chi connectivity index (χ0n) is 17.0. The number of carboxylic acids is 1. The Morgan fingerprint density at radius 3 is 2.88 bits per heavy atom. The fraction of sp³-hybridized carbons (Fsp3) is 0.350. The van der Waals surface area contributed by atoms with Gasteiger partial charge in [0.2, 0.25) is 0 Å². The Morgan fingerprint density at radius 2 is 2.12 bits per heavy atom. The fourth-order valence-corrected chi connectivity index (χ4v) is 4.28. The van der Waals surface area contributed by atoms with Crippen LogP contribution in [0.5, 0.6) is 0 Å². The van der Waals surface area contributed by atoms with Crippen molar-refractivity contribution >= 4 is 57.7 Å². The smallest absolute Gasteiger partial charge is 0.303 e. The van der Waals surface area contributed by atoms with Crippen molar-refractivity contribution in [3.05, 3.63) is 45.2 Å².